The highest BCUT2D eigenvalue weighted by molar-refractivity contribution is 6.13. The Morgan fingerprint density at radius 2 is 2.45 bits per heavy atom. The van der Waals surface area contributed by atoms with Crippen LogP contribution in [0.5, 0.6) is 0 Å². The van der Waals surface area contributed by atoms with E-state index in [9.17, 15) is 4.79 Å². The second-order valence-electron chi connectivity index (χ2n) is 2.11. The number of hydrogen-bond acceptors (Lipinski definition) is 3. The Morgan fingerprint density at radius 1 is 1.82 bits per heavy atom. The molecule has 0 bridgehead atoms. The maximum absolute atomic E-state index is 10.3. The normalized spacial score (nSPS) is 9.55. The molecule has 1 aromatic rings. The molecular formula is C7H7NO3. The van der Waals surface area contributed by atoms with Crippen LogP contribution in [0.25, 0.3) is 5.57 Å². The van der Waals surface area contributed by atoms with Gasteiger partial charge in [0.2, 0.25) is 0 Å². The summed E-state index contributed by atoms with van der Waals surface area (Å²) in [5.41, 5.74) is 0.219. The van der Waals surface area contributed by atoms with E-state index in [4.69, 9.17) is 5.11 Å². The molecule has 0 aromatic carbocycles. The second kappa shape index (κ2) is 2.57. The lowest BCUT2D eigenvalue weighted by molar-refractivity contribution is -0.130. The summed E-state index contributed by atoms with van der Waals surface area (Å²) in [6, 6.07) is 1.52. The number of aromatic nitrogens is 1. The number of carboxylic acids is 1. The topological polar surface area (TPSA) is 63.3 Å². The van der Waals surface area contributed by atoms with Gasteiger partial charge in [0.05, 0.1) is 5.57 Å². The van der Waals surface area contributed by atoms with Gasteiger partial charge in [0, 0.05) is 6.07 Å². The van der Waals surface area contributed by atoms with Crippen molar-refractivity contribution in [1.82, 2.24) is 5.16 Å². The summed E-state index contributed by atoms with van der Waals surface area (Å²) in [4.78, 5) is 10.3. The van der Waals surface area contributed by atoms with E-state index in [0.717, 1.165) is 0 Å². The van der Waals surface area contributed by atoms with Crippen LogP contribution in [-0.4, -0.2) is 16.2 Å². The van der Waals surface area contributed by atoms with Crippen LogP contribution < -0.4 is 0 Å². The van der Waals surface area contributed by atoms with Crippen molar-refractivity contribution in [3.63, 3.8) is 0 Å². The average Bonchev–Trinajstić information content (AvgIpc) is 2.34. The number of carbonyl (C=O) groups is 1. The lowest BCUT2D eigenvalue weighted by atomic mass is 10.2. The standard InChI is InChI=1S/C7H7NO3/c1-4-3-6(8-11-4)5(2)7(9)10/h3H,2H2,1H3,(H,9,10). The summed E-state index contributed by atoms with van der Waals surface area (Å²) >= 11 is 0. The number of nitrogens with zero attached hydrogens (tertiary/aromatic N) is 1. The molecule has 0 aliphatic heterocycles. The highest BCUT2D eigenvalue weighted by Gasteiger charge is 2.10. The molecule has 0 saturated heterocycles. The zero-order valence-corrected chi connectivity index (χ0v) is 6.00. The van der Waals surface area contributed by atoms with Gasteiger partial charge in [-0.2, -0.15) is 0 Å². The fourth-order valence-corrected chi connectivity index (χ4v) is 0.618. The van der Waals surface area contributed by atoms with Gasteiger partial charge in [0.15, 0.2) is 0 Å². The van der Waals surface area contributed by atoms with Crippen molar-refractivity contribution in [3.05, 3.63) is 24.1 Å². The van der Waals surface area contributed by atoms with E-state index in [1.54, 1.807) is 6.92 Å². The maximum Gasteiger partial charge on any atom is 0.337 e. The average molecular weight is 153 g/mol. The van der Waals surface area contributed by atoms with Gasteiger partial charge < -0.3 is 9.63 Å². The molecule has 11 heavy (non-hydrogen) atoms. The lowest BCUT2D eigenvalue weighted by Gasteiger charge is -1.89. The quantitative estimate of drug-likeness (QED) is 0.645. The molecule has 4 nitrogen and oxygen atoms in total. The highest BCUT2D eigenvalue weighted by atomic mass is 16.5. The summed E-state index contributed by atoms with van der Waals surface area (Å²) < 4.78 is 4.66. The minimum absolute atomic E-state index is 0.0538. The number of hydrogen-bond donors (Lipinski definition) is 1. The minimum atomic E-state index is -1.08. The van der Waals surface area contributed by atoms with Gasteiger partial charge in [-0.15, -0.1) is 0 Å². The van der Waals surface area contributed by atoms with Crippen molar-refractivity contribution in [2.24, 2.45) is 0 Å². The number of carboxylic acid groups (broad SMARTS) is 1. The van der Waals surface area contributed by atoms with Crippen LogP contribution in [0.2, 0.25) is 0 Å². The van der Waals surface area contributed by atoms with E-state index in [2.05, 4.69) is 16.3 Å². The Hall–Kier alpha value is -1.58. The molecule has 0 aliphatic carbocycles. The Morgan fingerprint density at radius 3 is 2.82 bits per heavy atom. The van der Waals surface area contributed by atoms with Crippen molar-refractivity contribution in [1.29, 1.82) is 0 Å². The predicted molar refractivity (Wildman–Crippen MR) is 37.9 cm³/mol. The first-order valence-corrected chi connectivity index (χ1v) is 2.97. The van der Waals surface area contributed by atoms with Crippen molar-refractivity contribution in [2.45, 2.75) is 6.92 Å². The van der Waals surface area contributed by atoms with Crippen LogP contribution in [0.1, 0.15) is 11.5 Å². The van der Waals surface area contributed by atoms with Crippen molar-refractivity contribution >= 4 is 11.5 Å². The number of rotatable bonds is 2. The monoisotopic (exact) mass is 153 g/mol. The van der Waals surface area contributed by atoms with Crippen molar-refractivity contribution < 1.29 is 14.4 Å². The second-order valence-corrected chi connectivity index (χ2v) is 2.11. The zero-order chi connectivity index (χ0) is 8.43. The van der Waals surface area contributed by atoms with Crippen LogP contribution in [0.15, 0.2) is 17.2 Å². The lowest BCUT2D eigenvalue weighted by Crippen LogP contribution is -1.97. The third kappa shape index (κ3) is 1.46. The first kappa shape index (κ1) is 7.53. The van der Waals surface area contributed by atoms with Crippen LogP contribution in [0.4, 0.5) is 0 Å². The molecule has 1 N–H and O–H groups in total. The molecule has 0 unspecified atom stereocenters. The number of aryl methyl sites for hydroxylation is 1. The van der Waals surface area contributed by atoms with E-state index in [1.807, 2.05) is 0 Å². The van der Waals surface area contributed by atoms with E-state index in [1.165, 1.54) is 6.07 Å². The molecule has 1 aromatic heterocycles. The summed E-state index contributed by atoms with van der Waals surface area (Å²) in [5, 5.41) is 11.9. The first-order chi connectivity index (χ1) is 5.11. The van der Waals surface area contributed by atoms with Crippen LogP contribution in [0, 0.1) is 6.92 Å². The van der Waals surface area contributed by atoms with E-state index >= 15 is 0 Å². The molecule has 1 heterocycles. The largest absolute Gasteiger partial charge is 0.478 e. The fraction of sp³-hybridized carbons (Fsp3) is 0.143. The molecule has 0 aliphatic rings. The Kier molecular flexibility index (Phi) is 1.76. The summed E-state index contributed by atoms with van der Waals surface area (Å²) in [7, 11) is 0. The zero-order valence-electron chi connectivity index (χ0n) is 6.00. The predicted octanol–water partition coefficient (Wildman–Crippen LogP) is 1.08. The third-order valence-electron chi connectivity index (χ3n) is 1.20. The smallest absolute Gasteiger partial charge is 0.337 e. The molecule has 4 heteroatoms. The molecular weight excluding hydrogens is 146 g/mol. The first-order valence-electron chi connectivity index (χ1n) is 2.97. The summed E-state index contributed by atoms with van der Waals surface area (Å²) in [6.45, 7) is 5.00. The molecule has 0 amide bonds. The Balaban J connectivity index is 2.94. The minimum Gasteiger partial charge on any atom is -0.478 e. The van der Waals surface area contributed by atoms with E-state index < -0.39 is 5.97 Å². The summed E-state index contributed by atoms with van der Waals surface area (Å²) in [6.07, 6.45) is 0. The third-order valence-corrected chi connectivity index (χ3v) is 1.20. The van der Waals surface area contributed by atoms with Gasteiger partial charge in [-0.1, -0.05) is 11.7 Å². The van der Waals surface area contributed by atoms with Crippen molar-refractivity contribution in [3.8, 4) is 0 Å². The van der Waals surface area contributed by atoms with Gasteiger partial charge in [-0.25, -0.2) is 4.79 Å². The highest BCUT2D eigenvalue weighted by Crippen LogP contribution is 2.11. The Bertz CT molecular complexity index is 300. The molecule has 1 rings (SSSR count). The SMILES string of the molecule is C=C(C(=O)O)c1cc(C)on1. The molecule has 0 spiro atoms. The fourth-order valence-electron chi connectivity index (χ4n) is 0.618. The molecule has 0 radical (unpaired) electrons. The van der Waals surface area contributed by atoms with Crippen LogP contribution >= 0.6 is 0 Å². The van der Waals surface area contributed by atoms with E-state index in [0.29, 0.717) is 5.76 Å². The molecule has 0 saturated carbocycles. The van der Waals surface area contributed by atoms with Gasteiger partial charge >= 0.3 is 5.97 Å². The summed E-state index contributed by atoms with van der Waals surface area (Å²) in [5.74, 6) is -0.513. The van der Waals surface area contributed by atoms with Gasteiger partial charge in [0.1, 0.15) is 11.5 Å². The molecule has 0 fully saturated rings. The van der Waals surface area contributed by atoms with Gasteiger partial charge in [-0.05, 0) is 6.92 Å². The Labute approximate surface area is 63.1 Å². The molecule has 58 valence electrons. The molecule has 0 atom stereocenters. The van der Waals surface area contributed by atoms with Gasteiger partial charge in [0.25, 0.3) is 0 Å². The van der Waals surface area contributed by atoms with Gasteiger partial charge in [-0.3, -0.25) is 0 Å². The van der Waals surface area contributed by atoms with Crippen molar-refractivity contribution in [2.75, 3.05) is 0 Å². The number of aliphatic carboxylic acids is 1. The van der Waals surface area contributed by atoms with Crippen LogP contribution in [0.3, 0.4) is 0 Å². The van der Waals surface area contributed by atoms with E-state index in [-0.39, 0.29) is 11.3 Å². The maximum atomic E-state index is 10.3. The van der Waals surface area contributed by atoms with Crippen LogP contribution in [-0.2, 0) is 4.79 Å².